The summed E-state index contributed by atoms with van der Waals surface area (Å²) in [4.78, 5) is 2.24. The smallest absolute Gasteiger partial charge is 0.0543 e. The lowest BCUT2D eigenvalue weighted by molar-refractivity contribution is 0.232. The van der Waals surface area contributed by atoms with Crippen LogP contribution in [-0.2, 0) is 12.1 Å². The van der Waals surface area contributed by atoms with Crippen LogP contribution in [0, 0.1) is 5.41 Å². The van der Waals surface area contributed by atoms with E-state index in [9.17, 15) is 0 Å². The molecule has 0 spiro atoms. The van der Waals surface area contributed by atoms with E-state index in [-0.39, 0.29) is 11.0 Å². The Hall–Kier alpha value is -0.870. The van der Waals surface area contributed by atoms with Gasteiger partial charge in [0, 0.05) is 31.4 Å². The van der Waals surface area contributed by atoms with Gasteiger partial charge in [-0.05, 0) is 40.3 Å². The molecule has 1 heterocycles. The molecule has 0 fully saturated rings. The minimum atomic E-state index is 0.0580. The molecule has 1 aromatic rings. The molecule has 0 bridgehead atoms. The van der Waals surface area contributed by atoms with Crippen LogP contribution in [0.3, 0.4) is 0 Å². The van der Waals surface area contributed by atoms with E-state index in [2.05, 4.69) is 70.2 Å². The minimum absolute atomic E-state index is 0.0580. The van der Waals surface area contributed by atoms with Gasteiger partial charge in [0.25, 0.3) is 0 Å². The molecule has 1 rings (SSSR count). The maximum Gasteiger partial charge on any atom is 0.0543 e. The van der Waals surface area contributed by atoms with Crippen molar-refractivity contribution < 1.29 is 0 Å². The second-order valence-electron chi connectivity index (χ2n) is 7.47. The lowest BCUT2D eigenvalue weighted by atomic mass is 9.93. The summed E-state index contributed by atoms with van der Waals surface area (Å²) in [7, 11) is 4.24. The van der Waals surface area contributed by atoms with Crippen molar-refractivity contribution in [3.8, 4) is 0 Å². The van der Waals surface area contributed by atoms with Crippen molar-refractivity contribution in [3.63, 3.8) is 0 Å². The van der Waals surface area contributed by atoms with E-state index < -0.39 is 0 Å². The topological polar surface area (TPSA) is 33.1 Å². The Morgan fingerprint density at radius 3 is 2.32 bits per heavy atom. The van der Waals surface area contributed by atoms with E-state index in [0.717, 1.165) is 19.6 Å². The zero-order valence-corrected chi connectivity index (χ0v) is 13.6. The molecule has 0 aliphatic rings. The third-order valence-electron chi connectivity index (χ3n) is 3.00. The molecule has 19 heavy (non-hydrogen) atoms. The van der Waals surface area contributed by atoms with Gasteiger partial charge in [-0.1, -0.05) is 13.8 Å². The van der Waals surface area contributed by atoms with E-state index in [1.165, 1.54) is 5.56 Å². The van der Waals surface area contributed by atoms with Crippen molar-refractivity contribution in [2.24, 2.45) is 5.41 Å². The fourth-order valence-electron chi connectivity index (χ4n) is 2.28. The van der Waals surface area contributed by atoms with Gasteiger partial charge in [0.2, 0.25) is 0 Å². The van der Waals surface area contributed by atoms with Gasteiger partial charge in [0.15, 0.2) is 0 Å². The van der Waals surface area contributed by atoms with Crippen LogP contribution in [0.25, 0.3) is 0 Å². The highest BCUT2D eigenvalue weighted by Gasteiger charge is 2.18. The SMILES string of the molecule is CN(C)CC(C)(C)CNCc1cnn(C(C)(C)C)c1. The predicted molar refractivity (Wildman–Crippen MR) is 81.3 cm³/mol. The number of hydrogen-bond acceptors (Lipinski definition) is 3. The second-order valence-corrected chi connectivity index (χ2v) is 7.47. The number of rotatable bonds is 6. The van der Waals surface area contributed by atoms with Crippen LogP contribution in [0.2, 0.25) is 0 Å². The highest BCUT2D eigenvalue weighted by molar-refractivity contribution is 5.05. The van der Waals surface area contributed by atoms with Gasteiger partial charge in [0.1, 0.15) is 0 Å². The van der Waals surface area contributed by atoms with Crippen molar-refractivity contribution in [3.05, 3.63) is 18.0 Å². The maximum absolute atomic E-state index is 4.42. The van der Waals surface area contributed by atoms with Gasteiger partial charge in [-0.3, -0.25) is 4.68 Å². The highest BCUT2D eigenvalue weighted by Crippen LogP contribution is 2.15. The number of nitrogens with one attached hydrogen (secondary N) is 1. The first-order valence-electron chi connectivity index (χ1n) is 7.00. The van der Waals surface area contributed by atoms with Gasteiger partial charge in [-0.15, -0.1) is 0 Å². The molecule has 0 aliphatic carbocycles. The lowest BCUT2D eigenvalue weighted by Gasteiger charge is -2.28. The highest BCUT2D eigenvalue weighted by atomic mass is 15.3. The van der Waals surface area contributed by atoms with Crippen LogP contribution in [0.4, 0.5) is 0 Å². The third kappa shape index (κ3) is 5.74. The molecule has 4 nitrogen and oxygen atoms in total. The van der Waals surface area contributed by atoms with Crippen LogP contribution in [0.5, 0.6) is 0 Å². The Morgan fingerprint density at radius 2 is 1.84 bits per heavy atom. The molecule has 0 aliphatic heterocycles. The van der Waals surface area contributed by atoms with Crippen LogP contribution < -0.4 is 5.32 Å². The third-order valence-corrected chi connectivity index (χ3v) is 3.00. The first-order chi connectivity index (χ1) is 8.60. The average Bonchev–Trinajstić information content (AvgIpc) is 2.62. The monoisotopic (exact) mass is 266 g/mol. The van der Waals surface area contributed by atoms with Crippen LogP contribution in [0.1, 0.15) is 40.2 Å². The molecule has 0 atom stereocenters. The van der Waals surface area contributed by atoms with Crippen molar-refractivity contribution >= 4 is 0 Å². The summed E-state index contributed by atoms with van der Waals surface area (Å²) in [5, 5.41) is 7.95. The zero-order valence-electron chi connectivity index (χ0n) is 13.6. The summed E-state index contributed by atoms with van der Waals surface area (Å²) in [5.74, 6) is 0. The van der Waals surface area contributed by atoms with E-state index in [0.29, 0.717) is 0 Å². The van der Waals surface area contributed by atoms with Crippen molar-refractivity contribution in [1.29, 1.82) is 0 Å². The molecule has 0 saturated carbocycles. The molecule has 0 unspecified atom stereocenters. The van der Waals surface area contributed by atoms with E-state index >= 15 is 0 Å². The van der Waals surface area contributed by atoms with E-state index in [1.54, 1.807) is 0 Å². The predicted octanol–water partition coefficient (Wildman–Crippen LogP) is 2.32. The summed E-state index contributed by atoms with van der Waals surface area (Å²) < 4.78 is 2.02. The van der Waals surface area contributed by atoms with Crippen molar-refractivity contribution in [2.75, 3.05) is 27.2 Å². The molecular formula is C15H30N4. The molecule has 4 heteroatoms. The fraction of sp³-hybridized carbons (Fsp3) is 0.800. The Balaban J connectivity index is 2.43. The Kier molecular flexibility index (Phi) is 5.16. The second kappa shape index (κ2) is 6.06. The molecule has 0 aromatic carbocycles. The number of nitrogens with zero attached hydrogens (tertiary/aromatic N) is 3. The summed E-state index contributed by atoms with van der Waals surface area (Å²) in [6, 6.07) is 0. The molecule has 110 valence electrons. The fourth-order valence-corrected chi connectivity index (χ4v) is 2.28. The Labute approximate surface area is 118 Å². The van der Waals surface area contributed by atoms with Crippen LogP contribution in [0.15, 0.2) is 12.4 Å². The van der Waals surface area contributed by atoms with Crippen LogP contribution >= 0.6 is 0 Å². The summed E-state index contributed by atoms with van der Waals surface area (Å²) in [5.41, 5.74) is 1.59. The van der Waals surface area contributed by atoms with Crippen molar-refractivity contribution in [2.45, 2.75) is 46.7 Å². The van der Waals surface area contributed by atoms with Gasteiger partial charge < -0.3 is 10.2 Å². The average molecular weight is 266 g/mol. The zero-order chi connectivity index (χ0) is 14.7. The van der Waals surface area contributed by atoms with Gasteiger partial charge in [-0.2, -0.15) is 5.10 Å². The maximum atomic E-state index is 4.42. The minimum Gasteiger partial charge on any atom is -0.312 e. The van der Waals surface area contributed by atoms with Crippen molar-refractivity contribution in [1.82, 2.24) is 20.0 Å². The standard InChI is InChI=1S/C15H30N4/c1-14(2,3)19-10-13(9-17-19)8-16-11-15(4,5)12-18(6)7/h9-10,16H,8,11-12H2,1-7H3. The summed E-state index contributed by atoms with van der Waals surface area (Å²) >= 11 is 0. The molecule has 0 radical (unpaired) electrons. The van der Waals surface area contributed by atoms with E-state index in [4.69, 9.17) is 0 Å². The van der Waals surface area contributed by atoms with Crippen LogP contribution in [-0.4, -0.2) is 41.9 Å². The Bertz CT molecular complexity index is 385. The molecular weight excluding hydrogens is 236 g/mol. The molecule has 0 saturated heterocycles. The first-order valence-corrected chi connectivity index (χ1v) is 7.00. The van der Waals surface area contributed by atoms with Gasteiger partial charge in [0.05, 0.1) is 11.7 Å². The summed E-state index contributed by atoms with van der Waals surface area (Å²) in [6.45, 7) is 14.0. The largest absolute Gasteiger partial charge is 0.312 e. The quantitative estimate of drug-likeness (QED) is 0.858. The number of hydrogen-bond donors (Lipinski definition) is 1. The normalized spacial score (nSPS) is 13.3. The molecule has 1 N–H and O–H groups in total. The molecule has 1 aromatic heterocycles. The lowest BCUT2D eigenvalue weighted by Crippen LogP contribution is -2.37. The molecule has 0 amide bonds. The number of aromatic nitrogens is 2. The Morgan fingerprint density at radius 1 is 1.21 bits per heavy atom. The first kappa shape index (κ1) is 16.2. The van der Waals surface area contributed by atoms with Gasteiger partial charge >= 0.3 is 0 Å². The van der Waals surface area contributed by atoms with E-state index in [1.807, 2.05) is 10.9 Å². The summed E-state index contributed by atoms with van der Waals surface area (Å²) in [6.07, 6.45) is 4.09. The van der Waals surface area contributed by atoms with Gasteiger partial charge in [-0.25, -0.2) is 0 Å².